The van der Waals surface area contributed by atoms with Crippen molar-refractivity contribution in [3.63, 3.8) is 0 Å². The van der Waals surface area contributed by atoms with Crippen molar-refractivity contribution >= 4 is 28.6 Å². The van der Waals surface area contributed by atoms with Gasteiger partial charge in [0, 0.05) is 44.5 Å². The van der Waals surface area contributed by atoms with Gasteiger partial charge in [0.1, 0.15) is 17.2 Å². The van der Waals surface area contributed by atoms with E-state index in [1.807, 2.05) is 29.9 Å². The molecule has 0 aromatic carbocycles. The lowest BCUT2D eigenvalue weighted by molar-refractivity contribution is 0.206. The number of aliphatic hydroxyl groups excluding tert-OH is 1. The summed E-state index contributed by atoms with van der Waals surface area (Å²) in [4.78, 5) is 6.52. The van der Waals surface area contributed by atoms with Crippen LogP contribution in [0, 0.1) is 0 Å². The maximum atomic E-state index is 9.30. The second-order valence-electron chi connectivity index (χ2n) is 5.56. The van der Waals surface area contributed by atoms with Crippen molar-refractivity contribution in [3.05, 3.63) is 59.6 Å². The molecule has 7 heteroatoms. The molecule has 2 heterocycles. The lowest BCUT2D eigenvalue weighted by atomic mass is 10.0. The molecular weight excluding hydrogens is 340 g/mol. The summed E-state index contributed by atoms with van der Waals surface area (Å²) in [5.41, 5.74) is 10.6. The van der Waals surface area contributed by atoms with Crippen LogP contribution in [0.2, 0.25) is 0 Å². The number of methoxy groups -OCH3 is 1. The molecule has 0 amide bonds. The van der Waals surface area contributed by atoms with Crippen LogP contribution >= 0.6 is 11.6 Å². The van der Waals surface area contributed by atoms with Gasteiger partial charge < -0.3 is 20.5 Å². The van der Waals surface area contributed by atoms with Gasteiger partial charge in [0.25, 0.3) is 0 Å². The zero-order valence-corrected chi connectivity index (χ0v) is 15.2. The molecule has 25 heavy (non-hydrogen) atoms. The fourth-order valence-electron chi connectivity index (χ4n) is 2.48. The number of pyridine rings is 1. The fourth-order valence-corrected chi connectivity index (χ4v) is 2.67. The molecule has 6 nitrogen and oxygen atoms in total. The zero-order valence-electron chi connectivity index (χ0n) is 14.4. The molecule has 2 rings (SSSR count). The van der Waals surface area contributed by atoms with Gasteiger partial charge in [-0.2, -0.15) is 0 Å². The highest BCUT2D eigenvalue weighted by Gasteiger charge is 2.13. The first-order valence-corrected chi connectivity index (χ1v) is 8.22. The Kier molecular flexibility index (Phi) is 6.64. The predicted molar refractivity (Wildman–Crippen MR) is 103 cm³/mol. The second-order valence-corrected chi connectivity index (χ2v) is 5.78. The Labute approximate surface area is 152 Å². The molecule has 0 aliphatic heterocycles. The van der Waals surface area contributed by atoms with E-state index in [1.165, 1.54) is 11.6 Å². The van der Waals surface area contributed by atoms with Crippen LogP contribution in [0.25, 0.3) is 11.2 Å². The molecule has 134 valence electrons. The van der Waals surface area contributed by atoms with Crippen LogP contribution < -0.4 is 10.6 Å². The zero-order chi connectivity index (χ0) is 18.4. The fraction of sp³-hybridized carbons (Fsp3) is 0.278. The summed E-state index contributed by atoms with van der Waals surface area (Å²) in [6, 6.07) is 1.94. The van der Waals surface area contributed by atoms with Crippen LogP contribution in [0.1, 0.15) is 11.1 Å². The number of allylic oxidation sites excluding steroid dienone is 3. The first-order chi connectivity index (χ1) is 12.0. The first-order valence-electron chi connectivity index (χ1n) is 7.78. The number of anilines is 1. The Bertz CT molecular complexity index is 811. The highest BCUT2D eigenvalue weighted by molar-refractivity contribution is 6.28. The minimum absolute atomic E-state index is 0.0472. The predicted octanol–water partition coefficient (Wildman–Crippen LogP) is 3.08. The number of hydrogen-bond acceptors (Lipinski definition) is 5. The Morgan fingerprint density at radius 3 is 2.88 bits per heavy atom. The quantitative estimate of drug-likeness (QED) is 0.557. The molecule has 0 bridgehead atoms. The molecule has 0 aliphatic carbocycles. The number of rotatable bonds is 8. The summed E-state index contributed by atoms with van der Waals surface area (Å²) >= 11 is 5.99. The number of imidazole rings is 1. The number of nitrogens with two attached hydrogens (primary N) is 1. The van der Waals surface area contributed by atoms with Gasteiger partial charge in [-0.05, 0) is 29.4 Å². The third kappa shape index (κ3) is 4.42. The molecular formula is C18H23ClN4O2. The summed E-state index contributed by atoms with van der Waals surface area (Å²) in [6.07, 6.45) is 6.94. The maximum absolute atomic E-state index is 9.30. The number of hydrogen-bond donors (Lipinski definition) is 2. The number of aromatic nitrogens is 2. The van der Waals surface area contributed by atoms with E-state index in [0.29, 0.717) is 13.2 Å². The average Bonchev–Trinajstić information content (AvgIpc) is 3.02. The van der Waals surface area contributed by atoms with Crippen molar-refractivity contribution in [3.8, 4) is 0 Å². The summed E-state index contributed by atoms with van der Waals surface area (Å²) in [6.45, 7) is 5.14. The molecule has 0 aliphatic rings. The lowest BCUT2D eigenvalue weighted by Gasteiger charge is -2.19. The SMILES string of the molecule is C=C(O)/C=C\C(=C\Cl)c1cn2c(N(C)CCOC)cnc2cc1CN. The van der Waals surface area contributed by atoms with Gasteiger partial charge in [0.15, 0.2) is 0 Å². The molecule has 0 radical (unpaired) electrons. The Morgan fingerprint density at radius 1 is 1.52 bits per heavy atom. The molecule has 3 N–H and O–H groups in total. The van der Waals surface area contributed by atoms with Crippen molar-refractivity contribution in [2.75, 3.05) is 32.2 Å². The van der Waals surface area contributed by atoms with Gasteiger partial charge in [-0.1, -0.05) is 18.2 Å². The number of ether oxygens (including phenoxy) is 1. The number of nitrogens with zero attached hydrogens (tertiary/aromatic N) is 3. The summed E-state index contributed by atoms with van der Waals surface area (Å²) < 4.78 is 7.12. The normalized spacial score (nSPS) is 12.2. The maximum Gasteiger partial charge on any atom is 0.138 e. The second kappa shape index (κ2) is 8.71. The van der Waals surface area contributed by atoms with Crippen LogP contribution in [0.5, 0.6) is 0 Å². The van der Waals surface area contributed by atoms with Crippen LogP contribution in [-0.2, 0) is 11.3 Å². The number of halogens is 1. The highest BCUT2D eigenvalue weighted by Crippen LogP contribution is 2.26. The van der Waals surface area contributed by atoms with Crippen molar-refractivity contribution < 1.29 is 9.84 Å². The van der Waals surface area contributed by atoms with E-state index < -0.39 is 0 Å². The van der Waals surface area contributed by atoms with Gasteiger partial charge in [0.2, 0.25) is 0 Å². The standard InChI is InChI=1S/C18H23ClN4O2/c1-13(24)4-5-14(9-19)16-12-23-17(8-15(16)10-20)21-11-18(23)22(2)6-7-25-3/h4-5,8-9,11-12,24H,1,6-7,10,20H2,2-3H3/b5-4-,14-9-. The first kappa shape index (κ1) is 19.1. The van der Waals surface area contributed by atoms with Gasteiger partial charge in [-0.25, -0.2) is 4.98 Å². The molecule has 0 atom stereocenters. The molecule has 0 unspecified atom stereocenters. The molecule has 0 saturated carbocycles. The van der Waals surface area contributed by atoms with E-state index in [2.05, 4.69) is 16.5 Å². The van der Waals surface area contributed by atoms with E-state index in [0.717, 1.165) is 34.7 Å². The molecule has 0 saturated heterocycles. The summed E-state index contributed by atoms with van der Waals surface area (Å²) in [5.74, 6) is 0.885. The van der Waals surface area contributed by atoms with Crippen LogP contribution in [0.4, 0.5) is 5.82 Å². The van der Waals surface area contributed by atoms with E-state index in [-0.39, 0.29) is 5.76 Å². The van der Waals surface area contributed by atoms with Gasteiger partial charge in [-0.15, -0.1) is 0 Å². The minimum atomic E-state index is -0.0472. The number of fused-ring (bicyclic) bond motifs is 1. The monoisotopic (exact) mass is 362 g/mol. The third-order valence-corrected chi connectivity index (χ3v) is 4.07. The van der Waals surface area contributed by atoms with Gasteiger partial charge in [0.05, 0.1) is 12.8 Å². The largest absolute Gasteiger partial charge is 0.509 e. The Morgan fingerprint density at radius 2 is 2.28 bits per heavy atom. The Balaban J connectivity index is 2.53. The van der Waals surface area contributed by atoms with E-state index in [9.17, 15) is 5.11 Å². The Hall–Kier alpha value is -2.28. The lowest BCUT2D eigenvalue weighted by Crippen LogP contribution is -2.23. The van der Waals surface area contributed by atoms with E-state index in [1.54, 1.807) is 13.2 Å². The van der Waals surface area contributed by atoms with Crippen molar-refractivity contribution in [2.45, 2.75) is 6.54 Å². The van der Waals surface area contributed by atoms with Crippen molar-refractivity contribution in [1.82, 2.24) is 9.38 Å². The third-order valence-electron chi connectivity index (χ3n) is 3.84. The molecule has 0 spiro atoms. The van der Waals surface area contributed by atoms with Crippen LogP contribution in [0.15, 0.2) is 48.5 Å². The van der Waals surface area contributed by atoms with Gasteiger partial charge in [-0.3, -0.25) is 4.40 Å². The van der Waals surface area contributed by atoms with Crippen LogP contribution in [0.3, 0.4) is 0 Å². The number of likely N-dealkylation sites (N-methyl/N-ethyl adjacent to an activating group) is 1. The highest BCUT2D eigenvalue weighted by atomic mass is 35.5. The van der Waals surface area contributed by atoms with Crippen molar-refractivity contribution in [2.24, 2.45) is 5.73 Å². The van der Waals surface area contributed by atoms with Crippen molar-refractivity contribution in [1.29, 1.82) is 0 Å². The number of aliphatic hydroxyl groups is 1. The summed E-state index contributed by atoms with van der Waals surface area (Å²) in [7, 11) is 3.65. The summed E-state index contributed by atoms with van der Waals surface area (Å²) in [5, 5.41) is 9.30. The topological polar surface area (TPSA) is 76.0 Å². The van der Waals surface area contributed by atoms with E-state index in [4.69, 9.17) is 22.1 Å². The van der Waals surface area contributed by atoms with Gasteiger partial charge >= 0.3 is 0 Å². The minimum Gasteiger partial charge on any atom is -0.509 e. The average molecular weight is 363 g/mol. The van der Waals surface area contributed by atoms with E-state index >= 15 is 0 Å². The molecule has 0 fully saturated rings. The molecule has 2 aromatic heterocycles. The molecule has 2 aromatic rings. The smallest absolute Gasteiger partial charge is 0.138 e. The van der Waals surface area contributed by atoms with Crippen LogP contribution in [-0.4, -0.2) is 41.8 Å².